The highest BCUT2D eigenvalue weighted by Gasteiger charge is 2.10. The van der Waals surface area contributed by atoms with Gasteiger partial charge in [0.15, 0.2) is 0 Å². The number of hydrogen-bond acceptors (Lipinski definition) is 2. The highest BCUT2D eigenvalue weighted by molar-refractivity contribution is 6.30. The fourth-order valence-electron chi connectivity index (χ4n) is 1.74. The van der Waals surface area contributed by atoms with Crippen LogP contribution in [0.2, 0.25) is 5.15 Å². The maximum absolute atomic E-state index is 8.98. The summed E-state index contributed by atoms with van der Waals surface area (Å²) in [4.78, 5) is 4.28. The van der Waals surface area contributed by atoms with Gasteiger partial charge in [0, 0.05) is 11.3 Å². The average Bonchev–Trinajstić information content (AvgIpc) is 2.39. The maximum Gasteiger partial charge on any atom is 0.147 e. The van der Waals surface area contributed by atoms with Crippen molar-refractivity contribution in [1.29, 1.82) is 5.26 Å². The minimum Gasteiger partial charge on any atom is -0.239 e. The molecule has 0 unspecified atom stereocenters. The summed E-state index contributed by atoms with van der Waals surface area (Å²) >= 11 is 5.93. The Labute approximate surface area is 105 Å². The van der Waals surface area contributed by atoms with E-state index in [-0.39, 0.29) is 5.15 Å². The molecule has 2 nitrogen and oxygen atoms in total. The SMILES string of the molecule is CCc1nc(Cl)c(C#N)cc1-c1ccccc1. The van der Waals surface area contributed by atoms with Gasteiger partial charge in [-0.25, -0.2) is 4.98 Å². The number of pyridine rings is 1. The van der Waals surface area contributed by atoms with Gasteiger partial charge in [-0.3, -0.25) is 0 Å². The zero-order valence-electron chi connectivity index (χ0n) is 9.44. The van der Waals surface area contributed by atoms with Crippen molar-refractivity contribution in [2.45, 2.75) is 13.3 Å². The second-order valence-electron chi connectivity index (χ2n) is 3.65. The third-order valence-electron chi connectivity index (χ3n) is 2.60. The van der Waals surface area contributed by atoms with Crippen molar-refractivity contribution in [2.75, 3.05) is 0 Å². The van der Waals surface area contributed by atoms with E-state index in [2.05, 4.69) is 11.1 Å². The Balaban J connectivity index is 2.65. The Hall–Kier alpha value is -1.85. The molecule has 0 spiro atoms. The molecule has 1 aromatic heterocycles. The Bertz CT molecular complexity index is 571. The molecule has 2 rings (SSSR count). The quantitative estimate of drug-likeness (QED) is 0.751. The van der Waals surface area contributed by atoms with Crippen LogP contribution in [-0.2, 0) is 6.42 Å². The van der Waals surface area contributed by atoms with Crippen LogP contribution in [0.15, 0.2) is 36.4 Å². The van der Waals surface area contributed by atoms with Crippen LogP contribution in [0.4, 0.5) is 0 Å². The van der Waals surface area contributed by atoms with Gasteiger partial charge in [0.05, 0.1) is 5.56 Å². The van der Waals surface area contributed by atoms with Crippen molar-refractivity contribution < 1.29 is 0 Å². The van der Waals surface area contributed by atoms with E-state index in [1.54, 1.807) is 0 Å². The fraction of sp³-hybridized carbons (Fsp3) is 0.143. The van der Waals surface area contributed by atoms with E-state index in [0.717, 1.165) is 23.2 Å². The van der Waals surface area contributed by atoms with Crippen LogP contribution in [0.5, 0.6) is 0 Å². The molecule has 0 amide bonds. The Morgan fingerprint density at radius 3 is 2.59 bits per heavy atom. The summed E-state index contributed by atoms with van der Waals surface area (Å²) < 4.78 is 0. The largest absolute Gasteiger partial charge is 0.239 e. The van der Waals surface area contributed by atoms with Crippen LogP contribution in [0.3, 0.4) is 0 Å². The van der Waals surface area contributed by atoms with Gasteiger partial charge < -0.3 is 0 Å². The van der Waals surface area contributed by atoms with Crippen molar-refractivity contribution >= 4 is 11.6 Å². The van der Waals surface area contributed by atoms with E-state index in [1.165, 1.54) is 0 Å². The van der Waals surface area contributed by atoms with Crippen molar-refractivity contribution in [2.24, 2.45) is 0 Å². The van der Waals surface area contributed by atoms with E-state index in [9.17, 15) is 0 Å². The number of halogens is 1. The molecule has 0 fully saturated rings. The lowest BCUT2D eigenvalue weighted by molar-refractivity contribution is 1.04. The highest BCUT2D eigenvalue weighted by atomic mass is 35.5. The van der Waals surface area contributed by atoms with Gasteiger partial charge in [0.2, 0.25) is 0 Å². The predicted molar refractivity (Wildman–Crippen MR) is 68.8 cm³/mol. The molecule has 0 aliphatic carbocycles. The molecule has 0 radical (unpaired) electrons. The van der Waals surface area contributed by atoms with Gasteiger partial charge >= 0.3 is 0 Å². The number of nitriles is 1. The molecule has 0 N–H and O–H groups in total. The monoisotopic (exact) mass is 242 g/mol. The number of benzene rings is 1. The molecular formula is C14H11ClN2. The molecule has 0 aliphatic rings. The Morgan fingerprint density at radius 1 is 1.29 bits per heavy atom. The summed E-state index contributed by atoms with van der Waals surface area (Å²) in [6.45, 7) is 2.02. The first-order valence-electron chi connectivity index (χ1n) is 5.41. The van der Waals surface area contributed by atoms with Crippen molar-refractivity contribution in [1.82, 2.24) is 4.98 Å². The number of hydrogen-bond donors (Lipinski definition) is 0. The lowest BCUT2D eigenvalue weighted by atomic mass is 10.0. The molecule has 0 saturated heterocycles. The van der Waals surface area contributed by atoms with Gasteiger partial charge in [-0.15, -0.1) is 0 Å². The molecule has 17 heavy (non-hydrogen) atoms. The lowest BCUT2D eigenvalue weighted by Gasteiger charge is -2.08. The molecule has 84 valence electrons. The van der Waals surface area contributed by atoms with E-state index in [1.807, 2.05) is 43.3 Å². The van der Waals surface area contributed by atoms with Crippen LogP contribution in [0.1, 0.15) is 18.2 Å². The Kier molecular flexibility index (Phi) is 3.41. The zero-order valence-corrected chi connectivity index (χ0v) is 10.2. The van der Waals surface area contributed by atoms with E-state index < -0.39 is 0 Å². The zero-order chi connectivity index (χ0) is 12.3. The second kappa shape index (κ2) is 4.99. The number of aryl methyl sites for hydroxylation is 1. The molecule has 0 bridgehead atoms. The minimum absolute atomic E-state index is 0.282. The summed E-state index contributed by atoms with van der Waals surface area (Å²) in [7, 11) is 0. The first kappa shape index (κ1) is 11.6. The number of rotatable bonds is 2. The van der Waals surface area contributed by atoms with Crippen LogP contribution in [-0.4, -0.2) is 4.98 Å². The molecule has 2 aromatic rings. The normalized spacial score (nSPS) is 9.94. The van der Waals surface area contributed by atoms with Crippen molar-refractivity contribution in [3.8, 4) is 17.2 Å². The maximum atomic E-state index is 8.98. The molecule has 0 saturated carbocycles. The smallest absolute Gasteiger partial charge is 0.147 e. The highest BCUT2D eigenvalue weighted by Crippen LogP contribution is 2.26. The second-order valence-corrected chi connectivity index (χ2v) is 4.01. The van der Waals surface area contributed by atoms with Gasteiger partial charge in [-0.2, -0.15) is 5.26 Å². The third-order valence-corrected chi connectivity index (χ3v) is 2.88. The fourth-order valence-corrected chi connectivity index (χ4v) is 1.94. The molecule has 3 heteroatoms. The van der Waals surface area contributed by atoms with E-state index in [4.69, 9.17) is 16.9 Å². The van der Waals surface area contributed by atoms with Crippen LogP contribution in [0, 0.1) is 11.3 Å². The van der Waals surface area contributed by atoms with E-state index >= 15 is 0 Å². The van der Waals surface area contributed by atoms with Gasteiger partial charge in [0.25, 0.3) is 0 Å². The van der Waals surface area contributed by atoms with Gasteiger partial charge in [-0.1, -0.05) is 48.9 Å². The standard InChI is InChI=1S/C14H11ClN2/c1-2-13-12(10-6-4-3-5-7-10)8-11(9-16)14(15)17-13/h3-8H,2H2,1H3. The summed E-state index contributed by atoms with van der Waals surface area (Å²) in [5, 5.41) is 9.26. The number of aromatic nitrogens is 1. The summed E-state index contributed by atoms with van der Waals surface area (Å²) in [5.41, 5.74) is 3.38. The summed E-state index contributed by atoms with van der Waals surface area (Å²) in [6, 6.07) is 13.8. The van der Waals surface area contributed by atoms with Crippen LogP contribution in [0.25, 0.3) is 11.1 Å². The molecule has 0 aliphatic heterocycles. The van der Waals surface area contributed by atoms with Crippen LogP contribution >= 0.6 is 11.6 Å². The van der Waals surface area contributed by atoms with Crippen molar-refractivity contribution in [3.05, 3.63) is 52.8 Å². The van der Waals surface area contributed by atoms with Crippen molar-refractivity contribution in [3.63, 3.8) is 0 Å². The van der Waals surface area contributed by atoms with Gasteiger partial charge in [0.1, 0.15) is 11.2 Å². The topological polar surface area (TPSA) is 36.7 Å². The Morgan fingerprint density at radius 2 is 2.00 bits per heavy atom. The molecule has 1 heterocycles. The number of nitrogens with zero attached hydrogens (tertiary/aromatic N) is 2. The van der Waals surface area contributed by atoms with Crippen LogP contribution < -0.4 is 0 Å². The summed E-state index contributed by atoms with van der Waals surface area (Å²) in [6.07, 6.45) is 0.787. The average molecular weight is 243 g/mol. The van der Waals surface area contributed by atoms with E-state index in [0.29, 0.717) is 5.56 Å². The molecule has 0 atom stereocenters. The first-order valence-corrected chi connectivity index (χ1v) is 5.79. The molecule has 1 aromatic carbocycles. The molecular weight excluding hydrogens is 232 g/mol. The van der Waals surface area contributed by atoms with Gasteiger partial charge in [-0.05, 0) is 18.1 Å². The third kappa shape index (κ3) is 2.30. The summed E-state index contributed by atoms with van der Waals surface area (Å²) in [5.74, 6) is 0. The first-order chi connectivity index (χ1) is 8.26. The lowest BCUT2D eigenvalue weighted by Crippen LogP contribution is -1.95. The minimum atomic E-state index is 0.282. The predicted octanol–water partition coefficient (Wildman–Crippen LogP) is 3.84.